The van der Waals surface area contributed by atoms with E-state index < -0.39 is 5.60 Å². The number of halogens is 1. The van der Waals surface area contributed by atoms with Gasteiger partial charge in [-0.05, 0) is 31.0 Å². The Kier molecular flexibility index (Phi) is 4.98. The fraction of sp³-hybridized carbons (Fsp3) is 0.462. The molecule has 1 N–H and O–H groups in total. The van der Waals surface area contributed by atoms with E-state index in [0.29, 0.717) is 24.2 Å². The molecule has 0 fully saturated rings. The number of nitriles is 1. The summed E-state index contributed by atoms with van der Waals surface area (Å²) >= 11 is 3.30. The molecule has 0 saturated heterocycles. The number of rotatable bonds is 5. The Morgan fingerprint density at radius 3 is 2.59 bits per heavy atom. The smallest absolute Gasteiger partial charge is 0.137 e. The molecular weight excluding hydrogens is 282 g/mol. The van der Waals surface area contributed by atoms with Gasteiger partial charge in [0.15, 0.2) is 0 Å². The molecule has 92 valence electrons. The molecule has 0 saturated carbocycles. The highest BCUT2D eigenvalue weighted by Gasteiger charge is 2.23. The maximum absolute atomic E-state index is 10.1. The van der Waals surface area contributed by atoms with Crippen LogP contribution in [0.2, 0.25) is 0 Å². The Balaban J connectivity index is 2.80. The second-order valence-electron chi connectivity index (χ2n) is 3.97. The average molecular weight is 298 g/mol. The number of ether oxygens (including phenoxy) is 1. The van der Waals surface area contributed by atoms with Crippen molar-refractivity contribution < 1.29 is 9.84 Å². The van der Waals surface area contributed by atoms with Crippen LogP contribution < -0.4 is 4.74 Å². The summed E-state index contributed by atoms with van der Waals surface area (Å²) in [6.07, 6.45) is 1.25. The van der Waals surface area contributed by atoms with Crippen molar-refractivity contribution in [1.82, 2.24) is 0 Å². The van der Waals surface area contributed by atoms with E-state index in [1.54, 1.807) is 12.1 Å². The Morgan fingerprint density at radius 2 is 2.06 bits per heavy atom. The minimum atomic E-state index is -0.820. The molecule has 0 spiro atoms. The lowest BCUT2D eigenvalue weighted by atomic mass is 9.99. The van der Waals surface area contributed by atoms with Gasteiger partial charge in [-0.2, -0.15) is 5.26 Å². The van der Waals surface area contributed by atoms with Crippen LogP contribution in [0, 0.1) is 11.3 Å². The van der Waals surface area contributed by atoms with E-state index in [-0.39, 0.29) is 6.61 Å². The normalized spacial score (nSPS) is 11.0. The van der Waals surface area contributed by atoms with Crippen LogP contribution in [0.15, 0.2) is 22.7 Å². The van der Waals surface area contributed by atoms with Crippen molar-refractivity contribution in [2.75, 3.05) is 6.61 Å². The van der Waals surface area contributed by atoms with Gasteiger partial charge < -0.3 is 9.84 Å². The zero-order valence-corrected chi connectivity index (χ0v) is 11.6. The van der Waals surface area contributed by atoms with Crippen LogP contribution in [-0.4, -0.2) is 17.3 Å². The van der Waals surface area contributed by atoms with Crippen LogP contribution in [-0.2, 0) is 0 Å². The molecule has 17 heavy (non-hydrogen) atoms. The SMILES string of the molecule is CCC(O)(CC)COc1ccc(Br)cc1C#N. The van der Waals surface area contributed by atoms with E-state index in [9.17, 15) is 5.11 Å². The fourth-order valence-corrected chi connectivity index (χ4v) is 1.74. The van der Waals surface area contributed by atoms with Crippen molar-refractivity contribution in [3.8, 4) is 11.8 Å². The van der Waals surface area contributed by atoms with Gasteiger partial charge in [-0.15, -0.1) is 0 Å². The minimum Gasteiger partial charge on any atom is -0.489 e. The largest absolute Gasteiger partial charge is 0.489 e. The molecule has 0 atom stereocenters. The van der Waals surface area contributed by atoms with Gasteiger partial charge in [-0.3, -0.25) is 0 Å². The molecule has 0 aliphatic carbocycles. The van der Waals surface area contributed by atoms with E-state index >= 15 is 0 Å². The number of hydrogen-bond acceptors (Lipinski definition) is 3. The van der Waals surface area contributed by atoms with Crippen molar-refractivity contribution in [2.24, 2.45) is 0 Å². The first kappa shape index (κ1) is 14.0. The molecule has 0 aliphatic rings. The van der Waals surface area contributed by atoms with Crippen LogP contribution in [0.4, 0.5) is 0 Å². The van der Waals surface area contributed by atoms with Crippen molar-refractivity contribution in [1.29, 1.82) is 5.26 Å². The van der Waals surface area contributed by atoms with Crippen LogP contribution in [0.5, 0.6) is 5.75 Å². The van der Waals surface area contributed by atoms with E-state index in [0.717, 1.165) is 4.47 Å². The monoisotopic (exact) mass is 297 g/mol. The summed E-state index contributed by atoms with van der Waals surface area (Å²) in [7, 11) is 0. The molecule has 1 aromatic carbocycles. The summed E-state index contributed by atoms with van der Waals surface area (Å²) in [5.41, 5.74) is -0.353. The molecule has 0 aliphatic heterocycles. The molecule has 0 amide bonds. The van der Waals surface area contributed by atoms with Crippen LogP contribution in [0.3, 0.4) is 0 Å². The van der Waals surface area contributed by atoms with Gasteiger partial charge in [-0.25, -0.2) is 0 Å². The van der Waals surface area contributed by atoms with Gasteiger partial charge >= 0.3 is 0 Å². The third-order valence-corrected chi connectivity index (χ3v) is 3.37. The van der Waals surface area contributed by atoms with Crippen molar-refractivity contribution in [3.05, 3.63) is 28.2 Å². The third kappa shape index (κ3) is 3.72. The summed E-state index contributed by atoms with van der Waals surface area (Å²) in [5, 5.41) is 19.1. The van der Waals surface area contributed by atoms with Gasteiger partial charge in [0.2, 0.25) is 0 Å². The van der Waals surface area contributed by atoms with Gasteiger partial charge in [0, 0.05) is 4.47 Å². The lowest BCUT2D eigenvalue weighted by molar-refractivity contribution is -0.0114. The first-order chi connectivity index (χ1) is 8.04. The maximum Gasteiger partial charge on any atom is 0.137 e. The Bertz CT molecular complexity index is 422. The quantitative estimate of drug-likeness (QED) is 0.908. The molecule has 1 aromatic rings. The summed E-state index contributed by atoms with van der Waals surface area (Å²) < 4.78 is 6.37. The third-order valence-electron chi connectivity index (χ3n) is 2.87. The minimum absolute atomic E-state index is 0.205. The number of benzene rings is 1. The lowest BCUT2D eigenvalue weighted by Crippen LogP contribution is -2.34. The van der Waals surface area contributed by atoms with Crippen LogP contribution in [0.1, 0.15) is 32.3 Å². The van der Waals surface area contributed by atoms with Gasteiger partial charge in [0.25, 0.3) is 0 Å². The van der Waals surface area contributed by atoms with Crippen molar-refractivity contribution in [3.63, 3.8) is 0 Å². The summed E-state index contributed by atoms with van der Waals surface area (Å²) in [5.74, 6) is 0.510. The first-order valence-electron chi connectivity index (χ1n) is 5.59. The van der Waals surface area contributed by atoms with E-state index in [1.165, 1.54) is 0 Å². The lowest BCUT2D eigenvalue weighted by Gasteiger charge is -2.25. The Morgan fingerprint density at radius 1 is 1.41 bits per heavy atom. The molecule has 0 aromatic heterocycles. The summed E-state index contributed by atoms with van der Waals surface area (Å²) in [4.78, 5) is 0. The maximum atomic E-state index is 10.1. The standard InChI is InChI=1S/C13H16BrNO2/c1-3-13(16,4-2)9-17-12-6-5-11(14)7-10(12)8-15/h5-7,16H,3-4,9H2,1-2H3. The van der Waals surface area contributed by atoms with E-state index in [4.69, 9.17) is 10.00 Å². The molecule has 0 unspecified atom stereocenters. The second-order valence-corrected chi connectivity index (χ2v) is 4.89. The first-order valence-corrected chi connectivity index (χ1v) is 6.38. The van der Waals surface area contributed by atoms with Crippen molar-refractivity contribution >= 4 is 15.9 Å². The van der Waals surface area contributed by atoms with Gasteiger partial charge in [0.05, 0.1) is 11.2 Å². The molecule has 0 radical (unpaired) electrons. The summed E-state index contributed by atoms with van der Waals surface area (Å²) in [6, 6.07) is 7.32. The van der Waals surface area contributed by atoms with Gasteiger partial charge in [-0.1, -0.05) is 29.8 Å². The predicted octanol–water partition coefficient (Wildman–Crippen LogP) is 3.25. The molecule has 3 nitrogen and oxygen atoms in total. The number of aliphatic hydroxyl groups is 1. The molecule has 4 heteroatoms. The average Bonchev–Trinajstić information content (AvgIpc) is 2.36. The molecule has 1 rings (SSSR count). The highest BCUT2D eigenvalue weighted by molar-refractivity contribution is 9.10. The molecular formula is C13H16BrNO2. The highest BCUT2D eigenvalue weighted by atomic mass is 79.9. The molecule has 0 bridgehead atoms. The Labute approximate surface area is 110 Å². The fourth-order valence-electron chi connectivity index (χ4n) is 1.38. The molecule has 0 heterocycles. The zero-order valence-electron chi connectivity index (χ0n) is 10.0. The van der Waals surface area contributed by atoms with Crippen molar-refractivity contribution in [2.45, 2.75) is 32.3 Å². The van der Waals surface area contributed by atoms with E-state index in [1.807, 2.05) is 19.9 Å². The van der Waals surface area contributed by atoms with Crippen LogP contribution in [0.25, 0.3) is 0 Å². The van der Waals surface area contributed by atoms with E-state index in [2.05, 4.69) is 22.0 Å². The topological polar surface area (TPSA) is 53.2 Å². The Hall–Kier alpha value is -1.05. The zero-order chi connectivity index (χ0) is 12.9. The number of hydrogen-bond donors (Lipinski definition) is 1. The highest BCUT2D eigenvalue weighted by Crippen LogP contribution is 2.24. The number of nitrogens with zero attached hydrogens (tertiary/aromatic N) is 1. The van der Waals surface area contributed by atoms with Crippen LogP contribution >= 0.6 is 15.9 Å². The summed E-state index contributed by atoms with van der Waals surface area (Å²) in [6.45, 7) is 4.04. The second kappa shape index (κ2) is 6.04. The van der Waals surface area contributed by atoms with Gasteiger partial charge in [0.1, 0.15) is 18.4 Å². The predicted molar refractivity (Wildman–Crippen MR) is 69.9 cm³/mol.